The van der Waals surface area contributed by atoms with Crippen molar-refractivity contribution in [3.8, 4) is 0 Å². The molecule has 1 aromatic carbocycles. The molecule has 0 aliphatic carbocycles. The molecule has 0 N–H and O–H groups in total. The lowest BCUT2D eigenvalue weighted by Crippen LogP contribution is -2.44. The number of hydrogen-bond acceptors (Lipinski definition) is 6. The van der Waals surface area contributed by atoms with Crippen LogP contribution in [0.2, 0.25) is 5.02 Å². The number of fused-ring (bicyclic) bond motifs is 1. The molecule has 1 aliphatic heterocycles. The zero-order valence-corrected chi connectivity index (χ0v) is 24.4. The Morgan fingerprint density at radius 1 is 1.05 bits per heavy atom. The molecule has 3 rings (SSSR count). The van der Waals surface area contributed by atoms with Gasteiger partial charge in [-0.3, -0.25) is 28.8 Å². The van der Waals surface area contributed by atoms with Crippen LogP contribution in [-0.2, 0) is 18.9 Å². The van der Waals surface area contributed by atoms with Gasteiger partial charge in [0.25, 0.3) is 11.2 Å². The van der Waals surface area contributed by atoms with E-state index < -0.39 is 28.0 Å². The number of ketones is 1. The maximum absolute atomic E-state index is 13.6. The molecule has 206 valence electrons. The Labute approximate surface area is 235 Å². The molecule has 0 fully saturated rings. The maximum atomic E-state index is 13.6. The van der Waals surface area contributed by atoms with Crippen LogP contribution in [0.4, 0.5) is 11.5 Å². The first-order chi connectivity index (χ1) is 18.1. The van der Waals surface area contributed by atoms with Crippen molar-refractivity contribution in [2.24, 2.45) is 25.0 Å². The summed E-state index contributed by atoms with van der Waals surface area (Å²) in [5.41, 5.74) is -0.356. The van der Waals surface area contributed by atoms with Crippen molar-refractivity contribution in [1.82, 2.24) is 9.13 Å². The van der Waals surface area contributed by atoms with Gasteiger partial charge in [0, 0.05) is 43.5 Å². The first-order valence-electron chi connectivity index (χ1n) is 13.0. The maximum Gasteiger partial charge on any atom is 0.332 e. The third kappa shape index (κ3) is 6.51. The second-order valence-corrected chi connectivity index (χ2v) is 11.1. The van der Waals surface area contributed by atoms with Crippen LogP contribution >= 0.6 is 27.5 Å². The number of alkyl halides is 1. The fraction of sp³-hybridized carbons (Fsp3) is 0.556. The van der Waals surface area contributed by atoms with Crippen molar-refractivity contribution in [1.29, 1.82) is 0 Å². The van der Waals surface area contributed by atoms with Crippen LogP contribution in [0, 0.1) is 16.0 Å². The first-order valence-corrected chi connectivity index (χ1v) is 14.5. The van der Waals surface area contributed by atoms with E-state index in [-0.39, 0.29) is 27.9 Å². The third-order valence-electron chi connectivity index (χ3n) is 7.22. The van der Waals surface area contributed by atoms with Gasteiger partial charge in [0.2, 0.25) is 0 Å². The molecule has 0 amide bonds. The fourth-order valence-electron chi connectivity index (χ4n) is 5.16. The number of carbonyl (C=O) groups excluding carboxylic acids is 1. The summed E-state index contributed by atoms with van der Waals surface area (Å²) < 4.78 is 2.25. The Kier molecular flexibility index (Phi) is 10.6. The minimum atomic E-state index is -0.828. The molecular formula is C27H34BrClN4O5. The number of carbonyl (C=O) groups is 1. The number of aromatic nitrogens is 2. The standard InChI is InChI=1S/C27H34BrClN4O5/c1-17-22(21(34)12-10-8-6-4-5-7-9-11-15-28)23(18-13-14-19(29)20(16-18)33(37)38)24-25(30-17)31(2)27(36)32(3)26(24)35/h13-14,16,22-23H,4-12,15H2,1-3H3. The van der Waals surface area contributed by atoms with Crippen LogP contribution in [0.5, 0.6) is 0 Å². The van der Waals surface area contributed by atoms with E-state index in [0.29, 0.717) is 17.7 Å². The zero-order valence-electron chi connectivity index (χ0n) is 22.0. The monoisotopic (exact) mass is 608 g/mol. The van der Waals surface area contributed by atoms with E-state index in [0.717, 1.165) is 35.6 Å². The van der Waals surface area contributed by atoms with Crippen LogP contribution in [0.3, 0.4) is 0 Å². The predicted molar refractivity (Wildman–Crippen MR) is 153 cm³/mol. The molecular weight excluding hydrogens is 576 g/mol. The van der Waals surface area contributed by atoms with Gasteiger partial charge >= 0.3 is 5.69 Å². The van der Waals surface area contributed by atoms with E-state index in [4.69, 9.17) is 11.6 Å². The average molecular weight is 610 g/mol. The van der Waals surface area contributed by atoms with Gasteiger partial charge in [-0.1, -0.05) is 72.1 Å². The van der Waals surface area contributed by atoms with Gasteiger partial charge in [0.1, 0.15) is 16.6 Å². The van der Waals surface area contributed by atoms with Gasteiger partial charge < -0.3 is 0 Å². The van der Waals surface area contributed by atoms with E-state index in [1.807, 2.05) is 0 Å². The van der Waals surface area contributed by atoms with Gasteiger partial charge in [-0.15, -0.1) is 0 Å². The molecule has 2 heterocycles. The van der Waals surface area contributed by atoms with Gasteiger partial charge in [0.05, 0.1) is 16.4 Å². The molecule has 2 aromatic rings. The third-order valence-corrected chi connectivity index (χ3v) is 8.10. The Balaban J connectivity index is 1.92. The topological polar surface area (TPSA) is 117 Å². The molecule has 9 nitrogen and oxygen atoms in total. The number of nitro benzene ring substituents is 1. The second kappa shape index (κ2) is 13.5. The highest BCUT2D eigenvalue weighted by Crippen LogP contribution is 2.42. The molecule has 38 heavy (non-hydrogen) atoms. The van der Waals surface area contributed by atoms with Crippen molar-refractivity contribution in [2.75, 3.05) is 5.33 Å². The molecule has 11 heteroatoms. The number of nitrogens with zero attached hydrogens (tertiary/aromatic N) is 4. The fourth-order valence-corrected chi connectivity index (χ4v) is 5.75. The van der Waals surface area contributed by atoms with E-state index in [1.54, 1.807) is 13.0 Å². The lowest BCUT2D eigenvalue weighted by Gasteiger charge is -2.32. The summed E-state index contributed by atoms with van der Waals surface area (Å²) in [6.07, 6.45) is 8.96. The van der Waals surface area contributed by atoms with Crippen LogP contribution in [0.25, 0.3) is 0 Å². The van der Waals surface area contributed by atoms with Gasteiger partial charge in [-0.05, 0) is 31.4 Å². The minimum Gasteiger partial charge on any atom is -0.299 e. The second-order valence-electron chi connectivity index (χ2n) is 9.85. The molecule has 0 saturated heterocycles. The Morgan fingerprint density at radius 3 is 2.26 bits per heavy atom. The van der Waals surface area contributed by atoms with E-state index in [9.17, 15) is 24.5 Å². The van der Waals surface area contributed by atoms with Crippen molar-refractivity contribution < 1.29 is 9.72 Å². The summed E-state index contributed by atoms with van der Waals surface area (Å²) in [4.78, 5) is 55.1. The Hall–Kier alpha value is -2.59. The van der Waals surface area contributed by atoms with Crippen LogP contribution in [-0.4, -0.2) is 30.9 Å². The number of nitro groups is 1. The van der Waals surface area contributed by atoms with Crippen molar-refractivity contribution >= 4 is 50.5 Å². The smallest absolute Gasteiger partial charge is 0.299 e. The summed E-state index contributed by atoms with van der Waals surface area (Å²) in [7, 11) is 2.88. The predicted octanol–water partition coefficient (Wildman–Crippen LogP) is 5.97. The van der Waals surface area contributed by atoms with Crippen molar-refractivity contribution in [2.45, 2.75) is 70.6 Å². The summed E-state index contributed by atoms with van der Waals surface area (Å²) in [5.74, 6) is -1.52. The molecule has 0 radical (unpaired) electrons. The normalized spacial score (nSPS) is 16.7. The quantitative estimate of drug-likeness (QED) is 0.120. The highest BCUT2D eigenvalue weighted by molar-refractivity contribution is 9.09. The number of rotatable bonds is 13. The number of unbranched alkanes of at least 4 members (excludes halogenated alkanes) is 7. The molecule has 1 aromatic heterocycles. The highest BCUT2D eigenvalue weighted by atomic mass is 79.9. The van der Waals surface area contributed by atoms with Gasteiger partial charge in [-0.2, -0.15) is 0 Å². The van der Waals surface area contributed by atoms with Crippen LogP contribution in [0.1, 0.15) is 81.8 Å². The molecule has 0 bridgehead atoms. The first kappa shape index (κ1) is 30.0. The highest BCUT2D eigenvalue weighted by Gasteiger charge is 2.41. The number of aliphatic imine (C=N–C) groups is 1. The SMILES string of the molecule is CC1=Nc2c(c(=O)n(C)c(=O)n2C)C(c2ccc(Cl)c([N+](=O)[O-])c2)C1C(=O)CCCCCCCCCCBr. The summed E-state index contributed by atoms with van der Waals surface area (Å²) in [5, 5.41) is 12.6. The number of halogens is 2. The molecule has 0 spiro atoms. The largest absolute Gasteiger partial charge is 0.332 e. The lowest BCUT2D eigenvalue weighted by atomic mass is 9.74. The van der Waals surface area contributed by atoms with E-state index >= 15 is 0 Å². The number of hydrogen-bond donors (Lipinski definition) is 0. The number of benzene rings is 1. The van der Waals surface area contributed by atoms with Gasteiger partial charge in [-0.25, -0.2) is 9.79 Å². The minimum absolute atomic E-state index is 0.0383. The van der Waals surface area contributed by atoms with Crippen molar-refractivity contribution in [3.63, 3.8) is 0 Å². The van der Waals surface area contributed by atoms with E-state index in [2.05, 4.69) is 20.9 Å². The Bertz CT molecular complexity index is 1350. The molecule has 2 unspecified atom stereocenters. The molecule has 1 aliphatic rings. The van der Waals surface area contributed by atoms with Crippen molar-refractivity contribution in [3.05, 3.63) is 65.3 Å². The summed E-state index contributed by atoms with van der Waals surface area (Å²) >= 11 is 9.51. The molecule has 0 saturated carbocycles. The average Bonchev–Trinajstić information content (AvgIpc) is 2.89. The van der Waals surface area contributed by atoms with Crippen LogP contribution < -0.4 is 11.2 Å². The molecule has 2 atom stereocenters. The van der Waals surface area contributed by atoms with E-state index in [1.165, 1.54) is 56.5 Å². The number of Topliss-reactive ketones (excluding diaryl/α,β-unsaturated/α-hetero) is 1. The van der Waals surface area contributed by atoms with Gasteiger partial charge in [0.15, 0.2) is 0 Å². The Morgan fingerprint density at radius 2 is 1.66 bits per heavy atom. The van der Waals surface area contributed by atoms with Crippen LogP contribution in [0.15, 0.2) is 32.8 Å². The summed E-state index contributed by atoms with van der Waals surface area (Å²) in [6, 6.07) is 4.32. The summed E-state index contributed by atoms with van der Waals surface area (Å²) in [6.45, 7) is 1.71. The zero-order chi connectivity index (χ0) is 28.0. The lowest BCUT2D eigenvalue weighted by molar-refractivity contribution is -0.384.